The van der Waals surface area contributed by atoms with E-state index in [1.165, 1.54) is 11.8 Å². The Balaban J connectivity index is 1.48. The van der Waals surface area contributed by atoms with Crippen LogP contribution < -0.4 is 5.32 Å². The van der Waals surface area contributed by atoms with E-state index in [9.17, 15) is 4.79 Å². The fraction of sp³-hybridized carbons (Fsp3) is 0.385. The van der Waals surface area contributed by atoms with Crippen molar-refractivity contribution in [3.8, 4) is 0 Å². The molecule has 1 amide bonds. The molecule has 0 saturated heterocycles. The first-order chi connectivity index (χ1) is 10.2. The molecule has 2 aromatic rings. The number of thioether (sulfide) groups is 1. The van der Waals surface area contributed by atoms with Gasteiger partial charge in [-0.05, 0) is 34.9 Å². The number of hydrogen-bond donors (Lipinski definition) is 1. The van der Waals surface area contributed by atoms with Gasteiger partial charge in [0.15, 0.2) is 0 Å². The molecule has 0 radical (unpaired) electrons. The zero-order valence-electron chi connectivity index (χ0n) is 11.2. The van der Waals surface area contributed by atoms with Crippen molar-refractivity contribution < 1.29 is 4.79 Å². The molecule has 21 heavy (non-hydrogen) atoms. The molecule has 110 valence electrons. The number of carbonyl (C=O) groups excluding carboxylic acids is 1. The predicted molar refractivity (Wildman–Crippen MR) is 80.1 cm³/mol. The maximum Gasteiger partial charge on any atom is 0.230 e. The molecule has 0 unspecified atom stereocenters. The molecule has 8 heteroatoms. The lowest BCUT2D eigenvalue weighted by Gasteiger charge is -2.06. The van der Waals surface area contributed by atoms with E-state index in [2.05, 4.69) is 20.8 Å². The molecule has 0 aliphatic heterocycles. The lowest BCUT2D eigenvalue weighted by atomic mass is 10.2. The van der Waals surface area contributed by atoms with E-state index in [1.807, 2.05) is 24.3 Å². The standard InChI is InChI=1S/C13H14ClN5OS/c14-11-4-2-1-3-9(11)7-15-12(20)8-21-13-16-17-18-19(13)10-5-6-10/h1-4,10H,5-8H2,(H,15,20). The maximum atomic E-state index is 11.9. The van der Waals surface area contributed by atoms with Crippen LogP contribution >= 0.6 is 23.4 Å². The zero-order valence-corrected chi connectivity index (χ0v) is 12.8. The normalized spacial score (nSPS) is 14.1. The zero-order chi connectivity index (χ0) is 14.7. The van der Waals surface area contributed by atoms with Crippen LogP contribution in [0.5, 0.6) is 0 Å². The summed E-state index contributed by atoms with van der Waals surface area (Å²) < 4.78 is 1.80. The molecular formula is C13H14ClN5OS. The van der Waals surface area contributed by atoms with Crippen LogP contribution in [-0.2, 0) is 11.3 Å². The molecule has 1 heterocycles. The highest BCUT2D eigenvalue weighted by molar-refractivity contribution is 7.99. The minimum Gasteiger partial charge on any atom is -0.351 e. The highest BCUT2D eigenvalue weighted by Gasteiger charge is 2.28. The first kappa shape index (κ1) is 14.3. The van der Waals surface area contributed by atoms with Gasteiger partial charge in [0.25, 0.3) is 0 Å². The average Bonchev–Trinajstić information content (AvgIpc) is 3.23. The fourth-order valence-corrected chi connectivity index (χ4v) is 2.82. The summed E-state index contributed by atoms with van der Waals surface area (Å²) in [6.07, 6.45) is 2.22. The first-order valence-corrected chi connectivity index (χ1v) is 8.01. The number of hydrogen-bond acceptors (Lipinski definition) is 5. The number of nitrogens with zero attached hydrogens (tertiary/aromatic N) is 4. The predicted octanol–water partition coefficient (Wildman–Crippen LogP) is 2.07. The van der Waals surface area contributed by atoms with Crippen molar-refractivity contribution in [2.75, 3.05) is 5.75 Å². The van der Waals surface area contributed by atoms with Crippen LogP contribution in [0.4, 0.5) is 0 Å². The number of halogens is 1. The van der Waals surface area contributed by atoms with Crippen molar-refractivity contribution in [3.63, 3.8) is 0 Å². The third-order valence-electron chi connectivity index (χ3n) is 3.12. The van der Waals surface area contributed by atoms with Crippen LogP contribution in [0.25, 0.3) is 0 Å². The molecular weight excluding hydrogens is 310 g/mol. The summed E-state index contributed by atoms with van der Waals surface area (Å²) in [5.41, 5.74) is 0.903. The Hall–Kier alpha value is -1.60. The van der Waals surface area contributed by atoms with Gasteiger partial charge in [-0.15, -0.1) is 5.10 Å². The van der Waals surface area contributed by atoms with E-state index in [4.69, 9.17) is 11.6 Å². The summed E-state index contributed by atoms with van der Waals surface area (Å²) in [7, 11) is 0. The highest BCUT2D eigenvalue weighted by Crippen LogP contribution is 2.36. The van der Waals surface area contributed by atoms with E-state index >= 15 is 0 Å². The number of aromatic nitrogens is 4. The Labute approximate surface area is 131 Å². The van der Waals surface area contributed by atoms with Gasteiger partial charge in [-0.2, -0.15) is 0 Å². The van der Waals surface area contributed by atoms with Crippen LogP contribution in [0.2, 0.25) is 5.02 Å². The molecule has 1 fully saturated rings. The smallest absolute Gasteiger partial charge is 0.230 e. The Kier molecular flexibility index (Phi) is 4.40. The fourth-order valence-electron chi connectivity index (χ4n) is 1.85. The van der Waals surface area contributed by atoms with Crippen LogP contribution in [0.1, 0.15) is 24.4 Å². The van der Waals surface area contributed by atoms with Crippen LogP contribution in [0.3, 0.4) is 0 Å². The van der Waals surface area contributed by atoms with Gasteiger partial charge in [0, 0.05) is 11.6 Å². The Morgan fingerprint density at radius 1 is 1.43 bits per heavy atom. The minimum absolute atomic E-state index is 0.0646. The van der Waals surface area contributed by atoms with E-state index in [0.29, 0.717) is 22.8 Å². The van der Waals surface area contributed by atoms with Gasteiger partial charge >= 0.3 is 0 Å². The summed E-state index contributed by atoms with van der Waals surface area (Å²) in [4.78, 5) is 11.9. The molecule has 1 aliphatic rings. The molecule has 1 aliphatic carbocycles. The summed E-state index contributed by atoms with van der Waals surface area (Å²) in [6, 6.07) is 7.87. The summed E-state index contributed by atoms with van der Waals surface area (Å²) in [6.45, 7) is 0.423. The van der Waals surface area contributed by atoms with E-state index in [0.717, 1.165) is 18.4 Å². The lowest BCUT2D eigenvalue weighted by molar-refractivity contribution is -0.118. The van der Waals surface area contributed by atoms with E-state index in [1.54, 1.807) is 4.68 Å². The van der Waals surface area contributed by atoms with Gasteiger partial charge in [0.1, 0.15) is 0 Å². The SMILES string of the molecule is O=C(CSc1nnnn1C1CC1)NCc1ccccc1Cl. The van der Waals surface area contributed by atoms with Gasteiger partial charge in [0.05, 0.1) is 11.8 Å². The van der Waals surface area contributed by atoms with Crippen molar-refractivity contribution in [1.29, 1.82) is 0 Å². The molecule has 1 saturated carbocycles. The van der Waals surface area contributed by atoms with Crippen molar-refractivity contribution in [2.24, 2.45) is 0 Å². The monoisotopic (exact) mass is 323 g/mol. The molecule has 3 rings (SSSR count). The summed E-state index contributed by atoms with van der Waals surface area (Å²) >= 11 is 7.39. The molecule has 0 spiro atoms. The maximum absolute atomic E-state index is 11.9. The quantitative estimate of drug-likeness (QED) is 0.824. The van der Waals surface area contributed by atoms with Crippen molar-refractivity contribution >= 4 is 29.3 Å². The number of carbonyl (C=O) groups is 1. The van der Waals surface area contributed by atoms with Crippen LogP contribution in [-0.4, -0.2) is 31.9 Å². The van der Waals surface area contributed by atoms with Gasteiger partial charge in [-0.3, -0.25) is 4.79 Å². The highest BCUT2D eigenvalue weighted by atomic mass is 35.5. The second kappa shape index (κ2) is 6.44. The van der Waals surface area contributed by atoms with Gasteiger partial charge in [-0.1, -0.05) is 41.6 Å². The number of amides is 1. The number of tetrazole rings is 1. The number of benzene rings is 1. The van der Waals surface area contributed by atoms with E-state index < -0.39 is 0 Å². The Morgan fingerprint density at radius 2 is 2.24 bits per heavy atom. The minimum atomic E-state index is -0.0646. The molecule has 1 N–H and O–H groups in total. The number of rotatable bonds is 6. The van der Waals surface area contributed by atoms with Crippen molar-refractivity contribution in [3.05, 3.63) is 34.9 Å². The van der Waals surface area contributed by atoms with E-state index in [-0.39, 0.29) is 11.7 Å². The van der Waals surface area contributed by atoms with Gasteiger partial charge in [-0.25, -0.2) is 4.68 Å². The van der Waals surface area contributed by atoms with Crippen molar-refractivity contribution in [2.45, 2.75) is 30.6 Å². The van der Waals surface area contributed by atoms with Gasteiger partial charge in [0.2, 0.25) is 11.1 Å². The van der Waals surface area contributed by atoms with Crippen LogP contribution in [0, 0.1) is 0 Å². The van der Waals surface area contributed by atoms with Gasteiger partial charge < -0.3 is 5.32 Å². The largest absolute Gasteiger partial charge is 0.351 e. The third-order valence-corrected chi connectivity index (χ3v) is 4.42. The molecule has 6 nitrogen and oxygen atoms in total. The summed E-state index contributed by atoms with van der Waals surface area (Å²) in [5.74, 6) is 0.225. The molecule has 1 aromatic carbocycles. The number of nitrogens with one attached hydrogen (secondary N) is 1. The molecule has 0 bridgehead atoms. The summed E-state index contributed by atoms with van der Waals surface area (Å²) in [5, 5.41) is 15.8. The first-order valence-electron chi connectivity index (χ1n) is 6.65. The second-order valence-electron chi connectivity index (χ2n) is 4.79. The topological polar surface area (TPSA) is 72.7 Å². The second-order valence-corrected chi connectivity index (χ2v) is 6.14. The lowest BCUT2D eigenvalue weighted by Crippen LogP contribution is -2.24. The third kappa shape index (κ3) is 3.74. The average molecular weight is 324 g/mol. The molecule has 0 atom stereocenters. The Bertz CT molecular complexity index is 643. The molecule has 1 aromatic heterocycles. The van der Waals surface area contributed by atoms with Crippen LogP contribution in [0.15, 0.2) is 29.4 Å². The Morgan fingerprint density at radius 3 is 3.00 bits per heavy atom. The van der Waals surface area contributed by atoms with Crippen molar-refractivity contribution in [1.82, 2.24) is 25.5 Å².